The third-order valence-corrected chi connectivity index (χ3v) is 3.63. The Morgan fingerprint density at radius 1 is 1.57 bits per heavy atom. The Balaban J connectivity index is 1.98. The van der Waals surface area contributed by atoms with Crippen molar-refractivity contribution in [1.82, 2.24) is 9.88 Å². The molecule has 1 aromatic heterocycles. The molecule has 1 aromatic rings. The highest BCUT2D eigenvalue weighted by Crippen LogP contribution is 2.30. The molecule has 0 saturated heterocycles. The van der Waals surface area contributed by atoms with Gasteiger partial charge >= 0.3 is 0 Å². The lowest BCUT2D eigenvalue weighted by Gasteiger charge is -2.21. The van der Waals surface area contributed by atoms with Crippen molar-refractivity contribution < 1.29 is 9.53 Å². The van der Waals surface area contributed by atoms with E-state index < -0.39 is 0 Å². The smallest absolute Gasteiger partial charge is 0.244 e. The van der Waals surface area contributed by atoms with Gasteiger partial charge in [-0.05, 0) is 44.7 Å². The molecule has 1 fully saturated rings. The molecule has 6 heteroatoms. The Labute approximate surface area is 125 Å². The van der Waals surface area contributed by atoms with Gasteiger partial charge in [-0.15, -0.1) is 0 Å². The van der Waals surface area contributed by atoms with Gasteiger partial charge in [-0.25, -0.2) is 0 Å². The molecule has 2 rings (SSSR count). The first kappa shape index (κ1) is 15.4. The summed E-state index contributed by atoms with van der Waals surface area (Å²) in [6.07, 6.45) is 2.43. The number of aromatic nitrogens is 1. The number of likely N-dealkylation sites (N-methyl/N-ethyl adjacent to an activating group) is 1. The molecule has 1 unspecified atom stereocenters. The monoisotopic (exact) mass is 292 g/mol. The summed E-state index contributed by atoms with van der Waals surface area (Å²) in [6.45, 7) is 5.09. The van der Waals surface area contributed by atoms with Crippen LogP contribution in [0.25, 0.3) is 0 Å². The average molecular weight is 292 g/mol. The molecule has 0 aromatic carbocycles. The van der Waals surface area contributed by atoms with Gasteiger partial charge in [-0.2, -0.15) is 4.98 Å². The molecule has 1 saturated carbocycles. The third kappa shape index (κ3) is 4.24. The molecule has 0 bridgehead atoms. The Hall–Kier alpha value is -1.98. The number of carbonyl (C=O) groups excluding carboxylic acids is 1. The van der Waals surface area contributed by atoms with Crippen molar-refractivity contribution in [3.8, 4) is 5.88 Å². The van der Waals surface area contributed by atoms with Crippen molar-refractivity contribution in [2.75, 3.05) is 31.2 Å². The summed E-state index contributed by atoms with van der Waals surface area (Å²) in [4.78, 5) is 18.0. The lowest BCUT2D eigenvalue weighted by molar-refractivity contribution is -0.130. The fourth-order valence-corrected chi connectivity index (χ4v) is 1.90. The Morgan fingerprint density at radius 2 is 2.29 bits per heavy atom. The van der Waals surface area contributed by atoms with Gasteiger partial charge in [0.15, 0.2) is 0 Å². The second-order valence-electron chi connectivity index (χ2n) is 5.56. The van der Waals surface area contributed by atoms with E-state index in [0.717, 1.165) is 0 Å². The second-order valence-corrected chi connectivity index (χ2v) is 5.56. The van der Waals surface area contributed by atoms with Crippen molar-refractivity contribution in [3.05, 3.63) is 12.1 Å². The zero-order valence-electron chi connectivity index (χ0n) is 12.9. The summed E-state index contributed by atoms with van der Waals surface area (Å²) in [7, 11) is 1.78. The minimum Gasteiger partial charge on any atom is -0.476 e. The van der Waals surface area contributed by atoms with Crippen LogP contribution >= 0.6 is 0 Å². The zero-order chi connectivity index (χ0) is 15.4. The van der Waals surface area contributed by atoms with Crippen LogP contribution in [-0.4, -0.2) is 42.0 Å². The standard InChI is InChI=1S/C15H24N4O2/c1-4-19(3)15(20)10(2)17-13-8-7-12(16)14(18-13)21-9-11-5-6-11/h7-8,10-11H,4-6,9,16H2,1-3H3,(H,17,18). The van der Waals surface area contributed by atoms with Crippen LogP contribution in [-0.2, 0) is 4.79 Å². The van der Waals surface area contributed by atoms with Gasteiger partial charge in [0.05, 0.1) is 12.3 Å². The lowest BCUT2D eigenvalue weighted by Crippen LogP contribution is -2.39. The predicted octanol–water partition coefficient (Wildman–Crippen LogP) is 1.73. The van der Waals surface area contributed by atoms with Crippen LogP contribution in [0.4, 0.5) is 11.5 Å². The molecule has 6 nitrogen and oxygen atoms in total. The fraction of sp³-hybridized carbons (Fsp3) is 0.600. The van der Waals surface area contributed by atoms with Gasteiger partial charge < -0.3 is 20.7 Å². The molecule has 0 radical (unpaired) electrons. The van der Waals surface area contributed by atoms with E-state index in [0.29, 0.717) is 36.5 Å². The molecular weight excluding hydrogens is 268 g/mol. The van der Waals surface area contributed by atoms with Gasteiger partial charge in [0, 0.05) is 13.6 Å². The van der Waals surface area contributed by atoms with Crippen LogP contribution in [0.5, 0.6) is 5.88 Å². The highest BCUT2D eigenvalue weighted by Gasteiger charge is 2.23. The van der Waals surface area contributed by atoms with Gasteiger partial charge in [0.1, 0.15) is 11.9 Å². The molecule has 1 aliphatic carbocycles. The summed E-state index contributed by atoms with van der Waals surface area (Å²) in [5, 5.41) is 3.09. The summed E-state index contributed by atoms with van der Waals surface area (Å²) >= 11 is 0. The number of nitrogens with one attached hydrogen (secondary N) is 1. The predicted molar refractivity (Wildman–Crippen MR) is 83.3 cm³/mol. The van der Waals surface area contributed by atoms with Crippen molar-refractivity contribution in [2.24, 2.45) is 5.92 Å². The highest BCUT2D eigenvalue weighted by molar-refractivity contribution is 5.83. The molecule has 1 amide bonds. The fourth-order valence-electron chi connectivity index (χ4n) is 1.90. The van der Waals surface area contributed by atoms with E-state index >= 15 is 0 Å². The van der Waals surface area contributed by atoms with E-state index in [4.69, 9.17) is 10.5 Å². The summed E-state index contributed by atoms with van der Waals surface area (Å²) in [5.41, 5.74) is 6.39. The maximum Gasteiger partial charge on any atom is 0.244 e. The number of nitrogens with two attached hydrogens (primary N) is 1. The number of nitrogen functional groups attached to an aromatic ring is 1. The van der Waals surface area contributed by atoms with E-state index in [9.17, 15) is 4.79 Å². The molecule has 0 spiro atoms. The third-order valence-electron chi connectivity index (χ3n) is 3.63. The summed E-state index contributed by atoms with van der Waals surface area (Å²) in [5.74, 6) is 1.70. The molecule has 1 heterocycles. The van der Waals surface area contributed by atoms with Crippen molar-refractivity contribution in [2.45, 2.75) is 32.7 Å². The molecular formula is C15H24N4O2. The zero-order valence-corrected chi connectivity index (χ0v) is 12.9. The van der Waals surface area contributed by atoms with Gasteiger partial charge in [-0.1, -0.05) is 0 Å². The summed E-state index contributed by atoms with van der Waals surface area (Å²) < 4.78 is 5.64. The Bertz CT molecular complexity index is 502. The van der Waals surface area contributed by atoms with E-state index in [1.54, 1.807) is 24.1 Å². The maximum atomic E-state index is 12.0. The molecule has 21 heavy (non-hydrogen) atoms. The minimum atomic E-state index is -0.345. The number of pyridine rings is 1. The highest BCUT2D eigenvalue weighted by atomic mass is 16.5. The quantitative estimate of drug-likeness (QED) is 0.800. The van der Waals surface area contributed by atoms with Crippen molar-refractivity contribution >= 4 is 17.4 Å². The largest absolute Gasteiger partial charge is 0.476 e. The first-order valence-corrected chi connectivity index (χ1v) is 7.42. The van der Waals surface area contributed by atoms with E-state index in [1.165, 1.54) is 12.8 Å². The average Bonchev–Trinajstić information content (AvgIpc) is 3.30. The maximum absolute atomic E-state index is 12.0. The van der Waals surface area contributed by atoms with Gasteiger partial charge in [0.25, 0.3) is 0 Å². The first-order valence-electron chi connectivity index (χ1n) is 7.42. The number of ether oxygens (including phenoxy) is 1. The summed E-state index contributed by atoms with van der Waals surface area (Å²) in [6, 6.07) is 3.16. The minimum absolute atomic E-state index is 0.0246. The SMILES string of the molecule is CCN(C)C(=O)C(C)Nc1ccc(N)c(OCC2CC2)n1. The van der Waals surface area contributed by atoms with E-state index in [-0.39, 0.29) is 11.9 Å². The number of hydrogen-bond acceptors (Lipinski definition) is 5. The molecule has 116 valence electrons. The molecule has 0 aliphatic heterocycles. The number of hydrogen-bond donors (Lipinski definition) is 2. The van der Waals surface area contributed by atoms with Crippen LogP contribution in [0.1, 0.15) is 26.7 Å². The van der Waals surface area contributed by atoms with E-state index in [2.05, 4.69) is 10.3 Å². The van der Waals surface area contributed by atoms with Crippen LogP contribution in [0, 0.1) is 5.92 Å². The number of amides is 1. The van der Waals surface area contributed by atoms with Crippen molar-refractivity contribution in [1.29, 1.82) is 0 Å². The van der Waals surface area contributed by atoms with Gasteiger partial charge in [0.2, 0.25) is 11.8 Å². The topological polar surface area (TPSA) is 80.5 Å². The van der Waals surface area contributed by atoms with Gasteiger partial charge in [-0.3, -0.25) is 4.79 Å². The van der Waals surface area contributed by atoms with Crippen LogP contribution in [0.2, 0.25) is 0 Å². The van der Waals surface area contributed by atoms with Crippen LogP contribution in [0.15, 0.2) is 12.1 Å². The first-order chi connectivity index (χ1) is 10.0. The number of carbonyl (C=O) groups is 1. The number of rotatable bonds is 7. The normalized spacial score (nSPS) is 15.4. The number of nitrogens with zero attached hydrogens (tertiary/aromatic N) is 2. The second kappa shape index (κ2) is 6.65. The molecule has 3 N–H and O–H groups in total. The van der Waals surface area contributed by atoms with Crippen molar-refractivity contribution in [3.63, 3.8) is 0 Å². The molecule has 1 aliphatic rings. The number of anilines is 2. The van der Waals surface area contributed by atoms with Crippen LogP contribution in [0.3, 0.4) is 0 Å². The molecule has 1 atom stereocenters. The Morgan fingerprint density at radius 3 is 2.90 bits per heavy atom. The van der Waals surface area contributed by atoms with Crippen LogP contribution < -0.4 is 15.8 Å². The van der Waals surface area contributed by atoms with E-state index in [1.807, 2.05) is 13.8 Å². The Kier molecular flexibility index (Phi) is 4.88. The lowest BCUT2D eigenvalue weighted by atomic mass is 10.3.